The number of hydrogen-bond acceptors (Lipinski definition) is 3. The molecule has 0 amide bonds. The third kappa shape index (κ3) is 3.35. The molecule has 6 heteroatoms. The topological polar surface area (TPSA) is 70.0 Å². The van der Waals surface area contributed by atoms with E-state index in [1.807, 2.05) is 13.0 Å². The van der Waals surface area contributed by atoms with Crippen LogP contribution in [0.2, 0.25) is 5.02 Å². The molecular formula is C15H13ClN2O2S. The Balaban J connectivity index is 2.40. The Bertz CT molecular complexity index is 839. The van der Waals surface area contributed by atoms with Crippen molar-refractivity contribution in [2.75, 3.05) is 4.72 Å². The van der Waals surface area contributed by atoms with Crippen LogP contribution >= 0.6 is 11.6 Å². The van der Waals surface area contributed by atoms with Gasteiger partial charge in [0.1, 0.15) is 0 Å². The van der Waals surface area contributed by atoms with E-state index >= 15 is 0 Å². The number of benzene rings is 2. The van der Waals surface area contributed by atoms with Gasteiger partial charge in [-0.3, -0.25) is 4.72 Å². The third-order valence-corrected chi connectivity index (χ3v) is 4.80. The largest absolute Gasteiger partial charge is 0.278 e. The fourth-order valence-electron chi connectivity index (χ4n) is 1.97. The summed E-state index contributed by atoms with van der Waals surface area (Å²) in [5.41, 5.74) is 2.26. The van der Waals surface area contributed by atoms with Crippen molar-refractivity contribution >= 4 is 27.3 Å². The minimum Gasteiger partial charge on any atom is -0.278 e. The molecule has 0 spiro atoms. The van der Waals surface area contributed by atoms with Crippen molar-refractivity contribution in [2.45, 2.75) is 18.7 Å². The number of hydrogen-bond donors (Lipinski definition) is 1. The Kier molecular flexibility index (Phi) is 4.21. The van der Waals surface area contributed by atoms with E-state index in [-0.39, 0.29) is 15.6 Å². The maximum Gasteiger partial charge on any atom is 0.262 e. The SMILES string of the molecule is Cc1ccc(S(=O)(=O)Nc2ccc(C#N)cc2Cl)c(C)c1. The van der Waals surface area contributed by atoms with Crippen LogP contribution in [0.25, 0.3) is 0 Å². The van der Waals surface area contributed by atoms with Crippen LogP contribution < -0.4 is 4.72 Å². The van der Waals surface area contributed by atoms with Gasteiger partial charge in [-0.15, -0.1) is 0 Å². The summed E-state index contributed by atoms with van der Waals surface area (Å²) in [6.45, 7) is 3.64. The van der Waals surface area contributed by atoms with Crippen LogP contribution in [0.3, 0.4) is 0 Å². The number of nitrogens with zero attached hydrogens (tertiary/aromatic N) is 1. The fraction of sp³-hybridized carbons (Fsp3) is 0.133. The van der Waals surface area contributed by atoms with Crippen molar-refractivity contribution in [1.29, 1.82) is 5.26 Å². The summed E-state index contributed by atoms with van der Waals surface area (Å²) in [7, 11) is -3.72. The van der Waals surface area contributed by atoms with Gasteiger partial charge in [0.05, 0.1) is 27.2 Å². The highest BCUT2D eigenvalue weighted by atomic mass is 35.5. The summed E-state index contributed by atoms with van der Waals surface area (Å²) in [6, 6.07) is 11.4. The quantitative estimate of drug-likeness (QED) is 0.938. The Hall–Kier alpha value is -2.03. The summed E-state index contributed by atoms with van der Waals surface area (Å²) in [5.74, 6) is 0. The lowest BCUT2D eigenvalue weighted by Gasteiger charge is -2.12. The smallest absolute Gasteiger partial charge is 0.262 e. The zero-order chi connectivity index (χ0) is 15.6. The highest BCUT2D eigenvalue weighted by Crippen LogP contribution is 2.26. The highest BCUT2D eigenvalue weighted by Gasteiger charge is 2.18. The lowest BCUT2D eigenvalue weighted by Crippen LogP contribution is -2.14. The van der Waals surface area contributed by atoms with Crippen LogP contribution in [-0.4, -0.2) is 8.42 Å². The molecule has 0 aliphatic carbocycles. The van der Waals surface area contributed by atoms with Gasteiger partial charge in [0.25, 0.3) is 10.0 Å². The molecule has 0 saturated carbocycles. The second-order valence-corrected chi connectivity index (χ2v) is 6.74. The van der Waals surface area contributed by atoms with Gasteiger partial charge in [0.2, 0.25) is 0 Å². The van der Waals surface area contributed by atoms with E-state index in [1.165, 1.54) is 18.2 Å². The number of sulfonamides is 1. The molecular weight excluding hydrogens is 308 g/mol. The van der Waals surface area contributed by atoms with E-state index in [4.69, 9.17) is 16.9 Å². The first-order valence-electron chi connectivity index (χ1n) is 6.13. The van der Waals surface area contributed by atoms with Gasteiger partial charge >= 0.3 is 0 Å². The van der Waals surface area contributed by atoms with Crippen LogP contribution in [0.15, 0.2) is 41.3 Å². The van der Waals surface area contributed by atoms with Crippen LogP contribution in [0, 0.1) is 25.2 Å². The van der Waals surface area contributed by atoms with Gasteiger partial charge in [-0.05, 0) is 43.7 Å². The molecule has 2 aromatic carbocycles. The van der Waals surface area contributed by atoms with E-state index in [9.17, 15) is 8.42 Å². The molecule has 0 bridgehead atoms. The molecule has 2 aromatic rings. The molecule has 1 N–H and O–H groups in total. The van der Waals surface area contributed by atoms with Crippen molar-refractivity contribution in [3.63, 3.8) is 0 Å². The number of rotatable bonds is 3. The average Bonchev–Trinajstić information content (AvgIpc) is 2.40. The van der Waals surface area contributed by atoms with Crippen molar-refractivity contribution < 1.29 is 8.42 Å². The van der Waals surface area contributed by atoms with E-state index in [0.717, 1.165) is 5.56 Å². The van der Waals surface area contributed by atoms with E-state index in [1.54, 1.807) is 25.1 Å². The Labute approximate surface area is 129 Å². The minimum absolute atomic E-state index is 0.183. The number of nitriles is 1. The summed E-state index contributed by atoms with van der Waals surface area (Å²) in [5, 5.41) is 8.96. The number of aryl methyl sites for hydroxylation is 2. The molecule has 0 fully saturated rings. The zero-order valence-corrected chi connectivity index (χ0v) is 13.1. The molecule has 0 saturated heterocycles. The summed E-state index contributed by atoms with van der Waals surface area (Å²) < 4.78 is 27.3. The summed E-state index contributed by atoms with van der Waals surface area (Å²) >= 11 is 5.99. The van der Waals surface area contributed by atoms with Crippen LogP contribution in [0.1, 0.15) is 16.7 Å². The molecule has 108 valence electrons. The maximum absolute atomic E-state index is 12.4. The standard InChI is InChI=1S/C15H13ClN2O2S/c1-10-3-6-15(11(2)7-10)21(19,20)18-14-5-4-12(9-17)8-13(14)16/h3-8,18H,1-2H3. The molecule has 4 nitrogen and oxygen atoms in total. The molecule has 0 heterocycles. The van der Waals surface area contributed by atoms with Crippen molar-refractivity contribution in [3.05, 3.63) is 58.1 Å². The molecule has 0 unspecified atom stereocenters. The number of anilines is 1. The molecule has 0 aliphatic heterocycles. The predicted molar refractivity (Wildman–Crippen MR) is 82.9 cm³/mol. The first-order chi connectivity index (χ1) is 9.83. The monoisotopic (exact) mass is 320 g/mol. The normalized spacial score (nSPS) is 11.0. The molecule has 0 aliphatic rings. The molecule has 0 aromatic heterocycles. The molecule has 0 radical (unpaired) electrons. The molecule has 2 rings (SSSR count). The summed E-state index contributed by atoms with van der Waals surface area (Å²) in [4.78, 5) is 0.202. The number of halogens is 1. The van der Waals surface area contributed by atoms with Gasteiger partial charge in [0, 0.05) is 0 Å². The Morgan fingerprint density at radius 1 is 1.14 bits per heavy atom. The Morgan fingerprint density at radius 2 is 1.86 bits per heavy atom. The molecule has 21 heavy (non-hydrogen) atoms. The van der Waals surface area contributed by atoms with Crippen molar-refractivity contribution in [3.8, 4) is 6.07 Å². The third-order valence-electron chi connectivity index (χ3n) is 2.96. The maximum atomic E-state index is 12.4. The highest BCUT2D eigenvalue weighted by molar-refractivity contribution is 7.92. The van der Waals surface area contributed by atoms with E-state index in [2.05, 4.69) is 4.72 Å². The van der Waals surface area contributed by atoms with E-state index in [0.29, 0.717) is 11.1 Å². The van der Waals surface area contributed by atoms with Gasteiger partial charge in [-0.25, -0.2) is 8.42 Å². The predicted octanol–water partition coefficient (Wildman–Crippen LogP) is 3.63. The van der Waals surface area contributed by atoms with Crippen LogP contribution in [0.5, 0.6) is 0 Å². The lowest BCUT2D eigenvalue weighted by atomic mass is 10.2. The first-order valence-corrected chi connectivity index (χ1v) is 7.99. The number of nitrogens with one attached hydrogen (secondary N) is 1. The lowest BCUT2D eigenvalue weighted by molar-refractivity contribution is 0.600. The second-order valence-electron chi connectivity index (χ2n) is 4.68. The molecule has 0 atom stereocenters. The van der Waals surface area contributed by atoms with Gasteiger partial charge in [0.15, 0.2) is 0 Å². The zero-order valence-electron chi connectivity index (χ0n) is 11.5. The fourth-order valence-corrected chi connectivity index (χ4v) is 3.56. The van der Waals surface area contributed by atoms with Gasteiger partial charge in [-0.1, -0.05) is 29.3 Å². The van der Waals surface area contributed by atoms with Gasteiger partial charge in [-0.2, -0.15) is 5.26 Å². The second kappa shape index (κ2) is 5.76. The van der Waals surface area contributed by atoms with Crippen molar-refractivity contribution in [1.82, 2.24) is 0 Å². The van der Waals surface area contributed by atoms with Crippen LogP contribution in [0.4, 0.5) is 5.69 Å². The average molecular weight is 321 g/mol. The van der Waals surface area contributed by atoms with E-state index < -0.39 is 10.0 Å². The first kappa shape index (κ1) is 15.4. The Morgan fingerprint density at radius 3 is 2.43 bits per heavy atom. The van der Waals surface area contributed by atoms with Gasteiger partial charge < -0.3 is 0 Å². The minimum atomic E-state index is -3.72. The van der Waals surface area contributed by atoms with Crippen molar-refractivity contribution in [2.24, 2.45) is 0 Å². The summed E-state index contributed by atoms with van der Waals surface area (Å²) in [6.07, 6.45) is 0. The van der Waals surface area contributed by atoms with Crippen LogP contribution in [-0.2, 0) is 10.0 Å².